The van der Waals surface area contributed by atoms with Gasteiger partial charge in [-0.25, -0.2) is 31.3 Å². The number of amides is 8. The Morgan fingerprint density at radius 3 is 1.73 bits per heavy atom. The number of benzene rings is 8. The van der Waals surface area contributed by atoms with Gasteiger partial charge in [0.25, 0.3) is 0 Å². The third kappa shape index (κ3) is 25.5. The molecule has 8 amide bonds. The van der Waals surface area contributed by atoms with Crippen molar-refractivity contribution >= 4 is 99.7 Å². The molecule has 2 spiro atoms. The zero-order valence-corrected chi connectivity index (χ0v) is 66.3. The molecule has 22 nitrogen and oxygen atoms in total. The summed E-state index contributed by atoms with van der Waals surface area (Å²) in [5, 5.41) is 50.4. The predicted octanol–water partition coefficient (Wildman–Crippen LogP) is 16.7. The number of furan rings is 1. The molecule has 23 heteroatoms. The van der Waals surface area contributed by atoms with E-state index in [1.807, 2.05) is 141 Å². The molecule has 16 rings (SSSR count). The number of hydrogen-bond acceptors (Lipinski definition) is 15. The lowest BCUT2D eigenvalue weighted by molar-refractivity contribution is -0.124. The Morgan fingerprint density at radius 2 is 1.11 bits per heavy atom. The van der Waals surface area contributed by atoms with Gasteiger partial charge in [-0.3, -0.25) is 19.2 Å². The number of anilines is 3. The SMILES string of the molecule is Cc1ccc(CCNC(=O)Nc2cccc(N)c2)cc1.Cc1cccc(/C=N/NC(=O)C2CC23CCC3)c1O.Cc1cccc(/C=N/NC(=O)Cc2ccccc2)c1.Cc1ccsc1/C=N/NC(=O)C1C2CCCCC21.O=C(N/N=C/c1ccco1)C1CC12CCC2.O=C(NCCc1ccc(O)cc1)Nc1cccc2ccccc12. The van der Waals surface area contributed by atoms with Gasteiger partial charge in [0.15, 0.2) is 0 Å². The number of nitrogens with one attached hydrogen (secondary N) is 8. The molecule has 10 aromatic rings. The smallest absolute Gasteiger partial charge is 0.319 e. The minimum Gasteiger partial charge on any atom is -0.508 e. The molecule has 12 N–H and O–H groups in total. The number of rotatable bonds is 21. The van der Waals surface area contributed by atoms with Crippen molar-refractivity contribution < 1.29 is 43.4 Å². The molecule has 6 aliphatic rings. The molecule has 4 unspecified atom stereocenters. The molecular formula is C92H103N13O9S. The molecule has 2 heterocycles. The summed E-state index contributed by atoms with van der Waals surface area (Å²) in [6.07, 6.45) is 24.3. The van der Waals surface area contributed by atoms with E-state index in [1.54, 1.807) is 84.6 Å². The zero-order chi connectivity index (χ0) is 80.9. The number of thiophene rings is 1. The maximum absolute atomic E-state index is 12.0. The first-order valence-electron chi connectivity index (χ1n) is 39.3. The minimum absolute atomic E-state index is 0.0168. The summed E-state index contributed by atoms with van der Waals surface area (Å²) in [6, 6.07) is 64.3. The van der Waals surface area contributed by atoms with E-state index < -0.39 is 0 Å². The summed E-state index contributed by atoms with van der Waals surface area (Å²) >= 11 is 1.64. The van der Waals surface area contributed by atoms with Gasteiger partial charge in [-0.2, -0.15) is 20.4 Å². The Balaban J connectivity index is 0.000000136. The van der Waals surface area contributed by atoms with Crippen molar-refractivity contribution in [2.45, 2.75) is 124 Å². The van der Waals surface area contributed by atoms with Gasteiger partial charge in [0, 0.05) is 58.0 Å². The molecule has 6 fully saturated rings. The van der Waals surface area contributed by atoms with Crippen molar-refractivity contribution in [3.05, 3.63) is 279 Å². The van der Waals surface area contributed by atoms with Crippen LogP contribution in [0.5, 0.6) is 11.5 Å². The third-order valence-corrected chi connectivity index (χ3v) is 22.7. The summed E-state index contributed by atoms with van der Waals surface area (Å²) in [5.41, 5.74) is 28.1. The van der Waals surface area contributed by atoms with E-state index in [2.05, 4.69) is 108 Å². The van der Waals surface area contributed by atoms with Crippen LogP contribution in [-0.4, -0.2) is 83.9 Å². The molecule has 115 heavy (non-hydrogen) atoms. The highest BCUT2D eigenvalue weighted by atomic mass is 32.1. The number of nitrogen functional groups attached to an aromatic ring is 1. The fraction of sp³-hybridized carbons (Fsp3) is 0.304. The first-order valence-corrected chi connectivity index (χ1v) is 40.2. The lowest BCUT2D eigenvalue weighted by atomic mass is 9.80. The number of phenols is 2. The average Bonchev–Trinajstić information content (AvgIpc) is 1.57. The molecule has 0 saturated heterocycles. The Kier molecular flexibility index (Phi) is 30.0. The molecule has 2 aromatic heterocycles. The maximum Gasteiger partial charge on any atom is 0.319 e. The first-order chi connectivity index (χ1) is 55.8. The second-order valence-electron chi connectivity index (χ2n) is 30.2. The number of carbonyl (C=O) groups excluding carboxylic acids is 6. The van der Waals surface area contributed by atoms with Crippen LogP contribution in [0.2, 0.25) is 0 Å². The van der Waals surface area contributed by atoms with E-state index in [0.717, 1.165) is 62.9 Å². The normalized spacial score (nSPS) is 17.7. The van der Waals surface area contributed by atoms with Gasteiger partial charge in [-0.1, -0.05) is 182 Å². The Bertz CT molecular complexity index is 5000. The fourth-order valence-electron chi connectivity index (χ4n) is 14.7. The molecular weight excluding hydrogens is 1460 g/mol. The highest BCUT2D eigenvalue weighted by Gasteiger charge is 2.62. The highest BCUT2D eigenvalue weighted by Crippen LogP contribution is 2.66. The minimum atomic E-state index is -0.222. The molecule has 0 radical (unpaired) electrons. The van der Waals surface area contributed by atoms with Crippen molar-refractivity contribution in [2.24, 2.45) is 60.8 Å². The highest BCUT2D eigenvalue weighted by molar-refractivity contribution is 7.11. The number of nitrogens with zero attached hydrogens (tertiary/aromatic N) is 4. The summed E-state index contributed by atoms with van der Waals surface area (Å²) < 4.78 is 5.06. The number of hydrazone groups is 4. The number of aromatic hydroxyl groups is 2. The van der Waals surface area contributed by atoms with Crippen LogP contribution < -0.4 is 48.7 Å². The van der Waals surface area contributed by atoms with Crippen LogP contribution in [0.4, 0.5) is 26.7 Å². The number of aryl methyl sites for hydroxylation is 4. The van der Waals surface area contributed by atoms with Crippen molar-refractivity contribution in [1.29, 1.82) is 0 Å². The maximum atomic E-state index is 12.0. The quantitative estimate of drug-likeness (QED) is 0.0183. The monoisotopic (exact) mass is 1570 g/mol. The number of urea groups is 2. The lowest BCUT2D eigenvalue weighted by Crippen LogP contribution is -2.30. The molecule has 596 valence electrons. The van der Waals surface area contributed by atoms with E-state index in [4.69, 9.17) is 10.2 Å². The summed E-state index contributed by atoms with van der Waals surface area (Å²) in [6.45, 7) is 9.08. The van der Waals surface area contributed by atoms with Gasteiger partial charge in [-0.15, -0.1) is 11.3 Å². The van der Waals surface area contributed by atoms with E-state index in [9.17, 15) is 39.0 Å². The van der Waals surface area contributed by atoms with E-state index in [0.29, 0.717) is 71.3 Å². The Labute approximate surface area is 676 Å². The van der Waals surface area contributed by atoms with E-state index in [1.165, 1.54) is 98.9 Å². The standard InChI is InChI=1S/C19H18N2O2.C16H19N3O.C16H16N2O.C15H18N2O2.C14H18N2OS.C12H14N2O2/c22-16-10-8-14(9-11-16)12-13-20-19(23)21-18-7-3-5-15-4-1-2-6-17(15)18;1-12-5-7-13(8-6-12)9-10-18-16(20)19-15-4-2-3-14(17)11-15;1-13-6-5-9-15(10-13)12-17-18-16(19)11-14-7-3-2-4-8-14;1-10-4-2-5-11(13(10)18)9-16-17-14(19)12-8-15(12)6-3-7-15;1-9-6-7-18-12(9)8-15-16-14(17)13-10-4-2-3-5-11(10)13;15-11(10-7-12(10)4-2-5-12)14-13-8-9-3-1-6-16-9/h1-11,22H,12-13H2,(H2,20,21,23);2-8,11H,9-10,17H2,1H3,(H2,18,19,20);2-10,12H,11H2,1H3,(H,18,19);2,4-5,9,12,18H,3,6-8H2,1H3,(H,17,19);6-8,10-11,13H,2-5H2,1H3,(H,16,17);1,3,6,8,10H,2,4-5,7H2,(H,14,15)/b;;17-12+;16-9+;15-8+;13-8+. The lowest BCUT2D eigenvalue weighted by Gasteiger charge is -2.25. The largest absolute Gasteiger partial charge is 0.508 e. The molecule has 8 aromatic carbocycles. The van der Waals surface area contributed by atoms with E-state index in [-0.39, 0.29) is 64.9 Å². The van der Waals surface area contributed by atoms with Crippen LogP contribution in [0.25, 0.3) is 10.8 Å². The number of phenolic OH excluding ortho intramolecular Hbond substituents is 2. The fourth-order valence-corrected chi connectivity index (χ4v) is 15.4. The number of para-hydroxylation sites is 1. The van der Waals surface area contributed by atoms with Crippen molar-refractivity contribution in [1.82, 2.24) is 32.3 Å². The second-order valence-corrected chi connectivity index (χ2v) is 31.2. The van der Waals surface area contributed by atoms with Gasteiger partial charge in [0.05, 0.1) is 43.2 Å². The number of fused-ring (bicyclic) bond motifs is 2. The van der Waals surface area contributed by atoms with E-state index >= 15 is 0 Å². The topological polar surface area (TPSA) is 328 Å². The molecule has 6 saturated carbocycles. The van der Waals surface area contributed by atoms with Crippen molar-refractivity contribution in [3.8, 4) is 11.5 Å². The number of nitrogens with two attached hydrogens (primary N) is 1. The van der Waals surface area contributed by atoms with Gasteiger partial charge < -0.3 is 41.6 Å². The molecule has 4 atom stereocenters. The van der Waals surface area contributed by atoms with Crippen molar-refractivity contribution in [3.63, 3.8) is 0 Å². The summed E-state index contributed by atoms with van der Waals surface area (Å²) in [4.78, 5) is 72.0. The number of hydrogen-bond donors (Lipinski definition) is 11. The van der Waals surface area contributed by atoms with Crippen LogP contribution in [0.1, 0.15) is 138 Å². The van der Waals surface area contributed by atoms with Crippen LogP contribution in [0.3, 0.4) is 0 Å². The molecule has 0 bridgehead atoms. The predicted molar refractivity (Wildman–Crippen MR) is 458 cm³/mol. The van der Waals surface area contributed by atoms with Crippen LogP contribution in [0, 0.1) is 68.1 Å². The van der Waals surface area contributed by atoms with Gasteiger partial charge in [0.2, 0.25) is 23.6 Å². The second kappa shape index (κ2) is 41.3. The Morgan fingerprint density at radius 1 is 0.522 bits per heavy atom. The third-order valence-electron chi connectivity index (χ3n) is 21.8. The van der Waals surface area contributed by atoms with Gasteiger partial charge >= 0.3 is 12.1 Å². The Hall–Kier alpha value is -12.5. The van der Waals surface area contributed by atoms with Crippen molar-refractivity contribution in [2.75, 3.05) is 29.5 Å². The van der Waals surface area contributed by atoms with Crippen LogP contribution in [0.15, 0.2) is 243 Å². The van der Waals surface area contributed by atoms with Gasteiger partial charge in [-0.05, 0) is 219 Å². The number of carbonyl (C=O) groups is 6. The molecule has 0 aliphatic heterocycles. The summed E-state index contributed by atoms with van der Waals surface area (Å²) in [7, 11) is 0. The van der Waals surface area contributed by atoms with Crippen LogP contribution in [-0.2, 0) is 38.4 Å². The first kappa shape index (κ1) is 83.4. The van der Waals surface area contributed by atoms with Crippen LogP contribution >= 0.6 is 11.3 Å². The molecule has 6 aliphatic carbocycles. The summed E-state index contributed by atoms with van der Waals surface area (Å²) in [5.74, 6) is 3.09. The average molecular weight is 1570 g/mol. The van der Waals surface area contributed by atoms with Gasteiger partial charge in [0.1, 0.15) is 17.3 Å². The zero-order valence-electron chi connectivity index (χ0n) is 65.5.